The summed E-state index contributed by atoms with van der Waals surface area (Å²) in [6.07, 6.45) is 9.72. The largest absolute Gasteiger partial charge is 0.312 e. The number of hydrogen-bond acceptors (Lipinski definition) is 1. The van der Waals surface area contributed by atoms with Gasteiger partial charge in [-0.05, 0) is 25.7 Å². The Kier molecular flexibility index (Phi) is 9.06. The molecule has 0 aromatic rings. The highest BCUT2D eigenvalue weighted by Gasteiger charge is 2.08. The summed E-state index contributed by atoms with van der Waals surface area (Å²) in [5.74, 6) is 0. The van der Waals surface area contributed by atoms with E-state index >= 15 is 0 Å². The van der Waals surface area contributed by atoms with Crippen LogP contribution in [0.25, 0.3) is 0 Å². The molecule has 0 spiro atoms. The van der Waals surface area contributed by atoms with E-state index in [1.807, 2.05) is 6.08 Å². The van der Waals surface area contributed by atoms with Crippen LogP contribution in [0.3, 0.4) is 0 Å². The maximum Gasteiger partial charge on any atom is 0.00695 e. The molecule has 0 aromatic carbocycles. The third kappa shape index (κ3) is 8.31. The second kappa shape index (κ2) is 9.26. The van der Waals surface area contributed by atoms with Gasteiger partial charge in [0.2, 0.25) is 0 Å². The molecule has 0 aliphatic rings. The van der Waals surface area contributed by atoms with Crippen molar-refractivity contribution in [2.75, 3.05) is 0 Å². The molecule has 0 aliphatic carbocycles. The summed E-state index contributed by atoms with van der Waals surface area (Å²) in [7, 11) is 0. The fourth-order valence-corrected chi connectivity index (χ4v) is 1.74. The zero-order chi connectivity index (χ0) is 10.8. The van der Waals surface area contributed by atoms with Crippen LogP contribution >= 0.6 is 0 Å². The van der Waals surface area contributed by atoms with Gasteiger partial charge in [0.1, 0.15) is 0 Å². The Balaban J connectivity index is 3.65. The molecule has 84 valence electrons. The Morgan fingerprint density at radius 3 is 2.36 bits per heavy atom. The monoisotopic (exact) mass is 197 g/mol. The van der Waals surface area contributed by atoms with E-state index in [1.54, 1.807) is 0 Å². The minimum atomic E-state index is 0.612. The first-order valence-electron chi connectivity index (χ1n) is 6.07. The second-order valence-corrected chi connectivity index (χ2v) is 4.38. The smallest absolute Gasteiger partial charge is 0.00695 e. The van der Waals surface area contributed by atoms with Crippen LogP contribution in [0.5, 0.6) is 0 Å². The molecule has 1 unspecified atom stereocenters. The summed E-state index contributed by atoms with van der Waals surface area (Å²) in [5.41, 5.74) is 0. The van der Waals surface area contributed by atoms with Crippen LogP contribution in [0.2, 0.25) is 0 Å². The number of rotatable bonds is 9. The van der Waals surface area contributed by atoms with Gasteiger partial charge in [0, 0.05) is 12.1 Å². The number of unbranched alkanes of at least 4 members (excludes halogenated alkanes) is 2. The summed E-state index contributed by atoms with van der Waals surface area (Å²) in [6, 6.07) is 1.33. The molecule has 0 saturated carbocycles. The normalized spacial score (nSPS) is 13.1. The van der Waals surface area contributed by atoms with Crippen LogP contribution in [-0.2, 0) is 0 Å². The van der Waals surface area contributed by atoms with Crippen molar-refractivity contribution in [3.05, 3.63) is 12.7 Å². The average molecular weight is 197 g/mol. The number of hydrogen-bond donors (Lipinski definition) is 1. The van der Waals surface area contributed by atoms with Gasteiger partial charge in [0.25, 0.3) is 0 Å². The maximum absolute atomic E-state index is 3.76. The lowest BCUT2D eigenvalue weighted by Gasteiger charge is -2.20. The lowest BCUT2D eigenvalue weighted by Crippen LogP contribution is -2.34. The molecule has 0 saturated heterocycles. The van der Waals surface area contributed by atoms with E-state index in [1.165, 1.54) is 32.1 Å². The summed E-state index contributed by atoms with van der Waals surface area (Å²) in [6.45, 7) is 10.5. The SMILES string of the molecule is C=CCCCC(CCCC)NC(C)C. The molecular formula is C13H27N. The first-order valence-corrected chi connectivity index (χ1v) is 6.07. The van der Waals surface area contributed by atoms with Gasteiger partial charge < -0.3 is 5.32 Å². The number of allylic oxidation sites excluding steroid dienone is 1. The molecule has 0 radical (unpaired) electrons. The summed E-state index contributed by atoms with van der Waals surface area (Å²) in [4.78, 5) is 0. The molecule has 0 fully saturated rings. The molecule has 1 heteroatoms. The third-order valence-electron chi connectivity index (χ3n) is 2.44. The molecule has 0 amide bonds. The zero-order valence-corrected chi connectivity index (χ0v) is 10.2. The molecule has 14 heavy (non-hydrogen) atoms. The van der Waals surface area contributed by atoms with Crippen LogP contribution in [0, 0.1) is 0 Å². The van der Waals surface area contributed by atoms with E-state index in [0.29, 0.717) is 6.04 Å². The standard InChI is InChI=1S/C13H27N/c1-5-7-9-11-13(10-8-6-2)14-12(3)4/h5,12-14H,1,6-11H2,2-4H3. The van der Waals surface area contributed by atoms with Gasteiger partial charge >= 0.3 is 0 Å². The molecule has 1 nitrogen and oxygen atoms in total. The van der Waals surface area contributed by atoms with Crippen molar-refractivity contribution in [1.29, 1.82) is 0 Å². The predicted octanol–water partition coefficient (Wildman–Crippen LogP) is 3.90. The highest BCUT2D eigenvalue weighted by Crippen LogP contribution is 2.09. The Morgan fingerprint density at radius 2 is 1.86 bits per heavy atom. The zero-order valence-electron chi connectivity index (χ0n) is 10.2. The second-order valence-electron chi connectivity index (χ2n) is 4.38. The van der Waals surface area contributed by atoms with Crippen molar-refractivity contribution >= 4 is 0 Å². The van der Waals surface area contributed by atoms with Gasteiger partial charge in [-0.2, -0.15) is 0 Å². The van der Waals surface area contributed by atoms with E-state index in [2.05, 4.69) is 32.7 Å². The van der Waals surface area contributed by atoms with Crippen molar-refractivity contribution in [2.24, 2.45) is 0 Å². The Labute approximate surface area is 90.0 Å². The van der Waals surface area contributed by atoms with Crippen molar-refractivity contribution in [3.8, 4) is 0 Å². The molecule has 1 atom stereocenters. The fourth-order valence-electron chi connectivity index (χ4n) is 1.74. The van der Waals surface area contributed by atoms with Gasteiger partial charge in [-0.3, -0.25) is 0 Å². The van der Waals surface area contributed by atoms with E-state index in [9.17, 15) is 0 Å². The van der Waals surface area contributed by atoms with Gasteiger partial charge in [-0.15, -0.1) is 6.58 Å². The molecule has 0 heterocycles. The maximum atomic E-state index is 3.76. The summed E-state index contributed by atoms with van der Waals surface area (Å²) >= 11 is 0. The van der Waals surface area contributed by atoms with Gasteiger partial charge in [-0.25, -0.2) is 0 Å². The average Bonchev–Trinajstić information content (AvgIpc) is 2.13. The molecule has 0 aliphatic heterocycles. The van der Waals surface area contributed by atoms with Crippen LogP contribution in [0.4, 0.5) is 0 Å². The van der Waals surface area contributed by atoms with E-state index in [-0.39, 0.29) is 0 Å². The lowest BCUT2D eigenvalue weighted by molar-refractivity contribution is 0.399. The van der Waals surface area contributed by atoms with Crippen molar-refractivity contribution in [3.63, 3.8) is 0 Å². The van der Waals surface area contributed by atoms with Crippen molar-refractivity contribution in [1.82, 2.24) is 5.32 Å². The van der Waals surface area contributed by atoms with Crippen LogP contribution < -0.4 is 5.32 Å². The Hall–Kier alpha value is -0.300. The highest BCUT2D eigenvalue weighted by atomic mass is 14.9. The summed E-state index contributed by atoms with van der Waals surface area (Å²) in [5, 5.41) is 3.64. The lowest BCUT2D eigenvalue weighted by atomic mass is 10.0. The van der Waals surface area contributed by atoms with E-state index in [0.717, 1.165) is 12.5 Å². The topological polar surface area (TPSA) is 12.0 Å². The van der Waals surface area contributed by atoms with Crippen molar-refractivity contribution in [2.45, 2.75) is 71.4 Å². The van der Waals surface area contributed by atoms with Gasteiger partial charge in [-0.1, -0.05) is 39.7 Å². The van der Waals surface area contributed by atoms with E-state index < -0.39 is 0 Å². The van der Waals surface area contributed by atoms with Gasteiger partial charge in [0.15, 0.2) is 0 Å². The molecule has 0 rings (SSSR count). The first-order chi connectivity index (χ1) is 6.70. The van der Waals surface area contributed by atoms with E-state index in [4.69, 9.17) is 0 Å². The third-order valence-corrected chi connectivity index (χ3v) is 2.44. The number of nitrogens with one attached hydrogen (secondary N) is 1. The van der Waals surface area contributed by atoms with Gasteiger partial charge in [0.05, 0.1) is 0 Å². The highest BCUT2D eigenvalue weighted by molar-refractivity contribution is 4.72. The molecule has 0 bridgehead atoms. The first kappa shape index (κ1) is 13.7. The van der Waals surface area contributed by atoms with Crippen LogP contribution in [-0.4, -0.2) is 12.1 Å². The fraction of sp³-hybridized carbons (Fsp3) is 0.846. The predicted molar refractivity (Wildman–Crippen MR) is 65.6 cm³/mol. The van der Waals surface area contributed by atoms with Crippen molar-refractivity contribution < 1.29 is 0 Å². The quantitative estimate of drug-likeness (QED) is 0.436. The molecular weight excluding hydrogens is 170 g/mol. The minimum Gasteiger partial charge on any atom is -0.312 e. The Morgan fingerprint density at radius 1 is 1.21 bits per heavy atom. The molecule has 1 N–H and O–H groups in total. The summed E-state index contributed by atoms with van der Waals surface area (Å²) < 4.78 is 0. The minimum absolute atomic E-state index is 0.612. The Bertz CT molecular complexity index is 129. The van der Waals surface area contributed by atoms with Crippen LogP contribution in [0.15, 0.2) is 12.7 Å². The van der Waals surface area contributed by atoms with Crippen LogP contribution in [0.1, 0.15) is 59.3 Å². The molecule has 0 aromatic heterocycles.